The lowest BCUT2D eigenvalue weighted by molar-refractivity contribution is 0.198. The minimum atomic E-state index is -0.535. The van der Waals surface area contributed by atoms with Crippen LogP contribution >= 0.6 is 0 Å². The highest BCUT2D eigenvalue weighted by molar-refractivity contribution is 5.34. The van der Waals surface area contributed by atoms with Gasteiger partial charge in [0.2, 0.25) is 0 Å². The van der Waals surface area contributed by atoms with Crippen LogP contribution < -0.4 is 0 Å². The average molecular weight is 229 g/mol. The molecule has 3 rings (SSSR count). The second-order valence-corrected chi connectivity index (χ2v) is 4.55. The zero-order chi connectivity index (χ0) is 11.8. The third kappa shape index (κ3) is 1.96. The summed E-state index contributed by atoms with van der Waals surface area (Å²) in [5.74, 6) is 1.35. The van der Waals surface area contributed by atoms with Crippen molar-refractivity contribution in [1.29, 1.82) is 0 Å². The van der Waals surface area contributed by atoms with Crippen molar-refractivity contribution in [1.82, 2.24) is 14.8 Å². The second kappa shape index (κ2) is 3.96. The van der Waals surface area contributed by atoms with Crippen LogP contribution in [0.2, 0.25) is 0 Å². The van der Waals surface area contributed by atoms with Gasteiger partial charge in [-0.05, 0) is 31.9 Å². The van der Waals surface area contributed by atoms with Crippen molar-refractivity contribution < 1.29 is 5.11 Å². The SMILES string of the molecule is C[C@H](O)c1cccnc1-n1ccc(C2CC2)n1. The first-order valence-electron chi connectivity index (χ1n) is 5.94. The number of pyridine rings is 1. The smallest absolute Gasteiger partial charge is 0.159 e. The normalized spacial score (nSPS) is 17.1. The molecule has 1 saturated carbocycles. The maximum Gasteiger partial charge on any atom is 0.159 e. The standard InChI is InChI=1S/C13H15N3O/c1-9(17)11-3-2-7-14-13(11)16-8-6-12(15-16)10-4-5-10/h2-3,6-10,17H,4-5H2,1H3/t9-/m0/s1. The van der Waals surface area contributed by atoms with E-state index >= 15 is 0 Å². The number of aliphatic hydroxyl groups is 1. The molecule has 17 heavy (non-hydrogen) atoms. The van der Waals surface area contributed by atoms with Gasteiger partial charge in [0.25, 0.3) is 0 Å². The number of aliphatic hydroxyl groups excluding tert-OH is 1. The van der Waals surface area contributed by atoms with Crippen molar-refractivity contribution in [2.45, 2.75) is 31.8 Å². The third-order valence-electron chi connectivity index (χ3n) is 3.09. The molecular formula is C13H15N3O. The zero-order valence-electron chi connectivity index (χ0n) is 9.74. The molecule has 1 aliphatic carbocycles. The Labute approximate surface area is 99.9 Å². The fraction of sp³-hybridized carbons (Fsp3) is 0.385. The van der Waals surface area contributed by atoms with Crippen LogP contribution in [-0.4, -0.2) is 19.9 Å². The van der Waals surface area contributed by atoms with Gasteiger partial charge in [-0.15, -0.1) is 0 Å². The third-order valence-corrected chi connectivity index (χ3v) is 3.09. The molecular weight excluding hydrogens is 214 g/mol. The molecule has 0 amide bonds. The molecule has 0 aromatic carbocycles. The zero-order valence-corrected chi connectivity index (χ0v) is 9.74. The topological polar surface area (TPSA) is 50.9 Å². The Hall–Kier alpha value is -1.68. The summed E-state index contributed by atoms with van der Waals surface area (Å²) in [6, 6.07) is 5.75. The van der Waals surface area contributed by atoms with Crippen LogP contribution in [-0.2, 0) is 0 Å². The highest BCUT2D eigenvalue weighted by Crippen LogP contribution is 2.39. The maximum atomic E-state index is 9.71. The molecule has 2 aromatic rings. The Morgan fingerprint density at radius 2 is 2.24 bits per heavy atom. The van der Waals surface area contributed by atoms with Gasteiger partial charge in [-0.3, -0.25) is 0 Å². The highest BCUT2D eigenvalue weighted by Gasteiger charge is 2.26. The van der Waals surface area contributed by atoms with E-state index in [-0.39, 0.29) is 0 Å². The van der Waals surface area contributed by atoms with Crippen LogP contribution in [0.15, 0.2) is 30.6 Å². The molecule has 1 N–H and O–H groups in total. The van der Waals surface area contributed by atoms with Crippen LogP contribution in [0.25, 0.3) is 5.82 Å². The fourth-order valence-corrected chi connectivity index (χ4v) is 1.98. The first-order valence-corrected chi connectivity index (χ1v) is 5.94. The molecule has 2 heterocycles. The average Bonchev–Trinajstić information content (AvgIpc) is 3.07. The summed E-state index contributed by atoms with van der Waals surface area (Å²) in [6.45, 7) is 1.74. The van der Waals surface area contributed by atoms with Crippen LogP contribution in [0.3, 0.4) is 0 Å². The molecule has 0 bridgehead atoms. The molecule has 88 valence electrons. The van der Waals surface area contributed by atoms with Crippen molar-refractivity contribution >= 4 is 0 Å². The van der Waals surface area contributed by atoms with E-state index in [4.69, 9.17) is 0 Å². The minimum absolute atomic E-state index is 0.535. The van der Waals surface area contributed by atoms with Crippen LogP contribution in [0.1, 0.15) is 43.0 Å². The van der Waals surface area contributed by atoms with Gasteiger partial charge < -0.3 is 5.11 Å². The van der Waals surface area contributed by atoms with Crippen molar-refractivity contribution in [3.63, 3.8) is 0 Å². The van der Waals surface area contributed by atoms with Crippen LogP contribution in [0.5, 0.6) is 0 Å². The molecule has 1 atom stereocenters. The van der Waals surface area contributed by atoms with E-state index in [0.717, 1.165) is 17.1 Å². The number of rotatable bonds is 3. The highest BCUT2D eigenvalue weighted by atomic mass is 16.3. The molecule has 2 aromatic heterocycles. The predicted molar refractivity (Wildman–Crippen MR) is 64.0 cm³/mol. The quantitative estimate of drug-likeness (QED) is 0.877. The van der Waals surface area contributed by atoms with E-state index in [2.05, 4.69) is 10.1 Å². The Bertz CT molecular complexity index is 529. The first-order chi connectivity index (χ1) is 8.25. The van der Waals surface area contributed by atoms with E-state index in [1.54, 1.807) is 17.8 Å². The lowest BCUT2D eigenvalue weighted by Gasteiger charge is -2.10. The molecule has 0 radical (unpaired) electrons. The Morgan fingerprint density at radius 1 is 1.41 bits per heavy atom. The summed E-state index contributed by atoms with van der Waals surface area (Å²) < 4.78 is 1.76. The van der Waals surface area contributed by atoms with E-state index in [9.17, 15) is 5.11 Å². The molecule has 1 aliphatic rings. The van der Waals surface area contributed by atoms with Crippen molar-refractivity contribution in [2.24, 2.45) is 0 Å². The van der Waals surface area contributed by atoms with E-state index in [1.807, 2.05) is 24.4 Å². The predicted octanol–water partition coefficient (Wildman–Crippen LogP) is 2.20. The summed E-state index contributed by atoms with van der Waals surface area (Å²) in [6.07, 6.45) is 5.58. The summed E-state index contributed by atoms with van der Waals surface area (Å²) in [5, 5.41) is 14.2. The lowest BCUT2D eigenvalue weighted by atomic mass is 10.1. The van der Waals surface area contributed by atoms with E-state index < -0.39 is 6.10 Å². The molecule has 0 saturated heterocycles. The van der Waals surface area contributed by atoms with Gasteiger partial charge in [0.05, 0.1) is 11.8 Å². The van der Waals surface area contributed by atoms with Gasteiger partial charge in [0.1, 0.15) is 0 Å². The Morgan fingerprint density at radius 3 is 2.94 bits per heavy atom. The molecule has 0 unspecified atom stereocenters. The van der Waals surface area contributed by atoms with Crippen molar-refractivity contribution in [3.05, 3.63) is 41.9 Å². The summed E-state index contributed by atoms with van der Waals surface area (Å²) >= 11 is 0. The monoisotopic (exact) mass is 229 g/mol. The Balaban J connectivity index is 2.01. The second-order valence-electron chi connectivity index (χ2n) is 4.55. The number of nitrogens with zero attached hydrogens (tertiary/aromatic N) is 3. The number of hydrogen-bond acceptors (Lipinski definition) is 3. The number of hydrogen-bond donors (Lipinski definition) is 1. The first kappa shape index (κ1) is 10.5. The summed E-state index contributed by atoms with van der Waals surface area (Å²) in [7, 11) is 0. The van der Waals surface area contributed by atoms with Crippen molar-refractivity contribution in [2.75, 3.05) is 0 Å². The van der Waals surface area contributed by atoms with E-state index in [0.29, 0.717) is 5.92 Å². The van der Waals surface area contributed by atoms with E-state index in [1.165, 1.54) is 12.8 Å². The van der Waals surface area contributed by atoms with Gasteiger partial charge in [0.15, 0.2) is 5.82 Å². The molecule has 0 spiro atoms. The molecule has 4 heteroatoms. The van der Waals surface area contributed by atoms with Gasteiger partial charge in [-0.1, -0.05) is 6.07 Å². The van der Waals surface area contributed by atoms with Gasteiger partial charge in [0, 0.05) is 23.9 Å². The van der Waals surface area contributed by atoms with Gasteiger partial charge in [-0.25, -0.2) is 9.67 Å². The van der Waals surface area contributed by atoms with Crippen LogP contribution in [0.4, 0.5) is 0 Å². The largest absolute Gasteiger partial charge is 0.389 e. The summed E-state index contributed by atoms with van der Waals surface area (Å²) in [4.78, 5) is 4.30. The molecule has 4 nitrogen and oxygen atoms in total. The maximum absolute atomic E-state index is 9.71. The Kier molecular flexibility index (Phi) is 2.44. The van der Waals surface area contributed by atoms with Gasteiger partial charge in [-0.2, -0.15) is 5.10 Å². The van der Waals surface area contributed by atoms with Crippen LogP contribution in [0, 0.1) is 0 Å². The summed E-state index contributed by atoms with van der Waals surface area (Å²) in [5.41, 5.74) is 1.94. The minimum Gasteiger partial charge on any atom is -0.389 e. The lowest BCUT2D eigenvalue weighted by Crippen LogP contribution is -2.05. The fourth-order valence-electron chi connectivity index (χ4n) is 1.98. The molecule has 1 fully saturated rings. The molecule has 0 aliphatic heterocycles. The van der Waals surface area contributed by atoms with Gasteiger partial charge >= 0.3 is 0 Å². The number of aromatic nitrogens is 3. The van der Waals surface area contributed by atoms with Crippen molar-refractivity contribution in [3.8, 4) is 5.82 Å².